The Morgan fingerprint density at radius 1 is 1.15 bits per heavy atom. The van der Waals surface area contributed by atoms with E-state index in [9.17, 15) is 0 Å². The Labute approximate surface area is 151 Å². The van der Waals surface area contributed by atoms with Crippen LogP contribution >= 0.6 is 0 Å². The zero-order valence-electron chi connectivity index (χ0n) is 14.7. The molecule has 0 spiro atoms. The van der Waals surface area contributed by atoms with Crippen LogP contribution < -0.4 is 4.90 Å². The minimum Gasteiger partial charge on any atom is -0.351 e. The number of anilines is 1. The highest BCUT2D eigenvalue weighted by molar-refractivity contribution is 5.90. The Morgan fingerprint density at radius 3 is 2.88 bits per heavy atom. The fourth-order valence-corrected chi connectivity index (χ4v) is 3.83. The van der Waals surface area contributed by atoms with E-state index in [-0.39, 0.29) is 0 Å². The van der Waals surface area contributed by atoms with Gasteiger partial charge in [0.25, 0.3) is 0 Å². The van der Waals surface area contributed by atoms with Crippen molar-refractivity contribution < 1.29 is 0 Å². The number of aromatic nitrogens is 5. The first-order valence-electron chi connectivity index (χ1n) is 9.02. The van der Waals surface area contributed by atoms with Crippen molar-refractivity contribution in [3.8, 4) is 5.69 Å². The van der Waals surface area contributed by atoms with Crippen molar-refractivity contribution in [2.24, 2.45) is 0 Å². The number of para-hydroxylation sites is 1. The fraction of sp³-hybridized carbons (Fsp3) is 0.250. The zero-order chi connectivity index (χ0) is 17.5. The molecule has 0 atom stereocenters. The van der Waals surface area contributed by atoms with E-state index >= 15 is 0 Å². The Balaban J connectivity index is 1.53. The van der Waals surface area contributed by atoms with E-state index in [2.05, 4.69) is 48.7 Å². The van der Waals surface area contributed by atoms with Crippen molar-refractivity contribution in [1.29, 1.82) is 0 Å². The Bertz CT molecular complexity index is 1060. The maximum Gasteiger partial charge on any atom is 0.143 e. The molecule has 1 aliphatic rings. The summed E-state index contributed by atoms with van der Waals surface area (Å²) >= 11 is 0. The number of hydrogen-bond donors (Lipinski definition) is 1. The van der Waals surface area contributed by atoms with Gasteiger partial charge in [-0.3, -0.25) is 0 Å². The molecule has 0 unspecified atom stereocenters. The summed E-state index contributed by atoms with van der Waals surface area (Å²) in [5.74, 6) is 1.02. The highest BCUT2D eigenvalue weighted by Crippen LogP contribution is 2.31. The molecule has 6 nitrogen and oxygen atoms in total. The first kappa shape index (κ1) is 15.1. The molecule has 0 saturated heterocycles. The lowest BCUT2D eigenvalue weighted by atomic mass is 10.1. The molecule has 26 heavy (non-hydrogen) atoms. The van der Waals surface area contributed by atoms with Crippen LogP contribution in [0, 0.1) is 0 Å². The molecule has 1 aliphatic heterocycles. The van der Waals surface area contributed by atoms with E-state index in [1.54, 1.807) is 6.33 Å². The first-order valence-corrected chi connectivity index (χ1v) is 9.02. The Morgan fingerprint density at radius 2 is 2.04 bits per heavy atom. The van der Waals surface area contributed by atoms with Crippen LogP contribution in [0.25, 0.3) is 16.7 Å². The number of rotatable bonds is 3. The monoisotopic (exact) mass is 344 g/mol. The summed E-state index contributed by atoms with van der Waals surface area (Å²) in [7, 11) is 0. The normalized spacial score (nSPS) is 14.0. The molecule has 0 bridgehead atoms. The number of nitrogens with one attached hydrogen (secondary N) is 1. The molecule has 0 saturated carbocycles. The predicted octanol–water partition coefficient (Wildman–Crippen LogP) is 3.27. The average Bonchev–Trinajstić information content (AvgIpc) is 3.32. The van der Waals surface area contributed by atoms with E-state index in [1.807, 2.05) is 30.6 Å². The van der Waals surface area contributed by atoms with Gasteiger partial charge < -0.3 is 9.88 Å². The topological polar surface area (TPSA) is 62.6 Å². The van der Waals surface area contributed by atoms with Crippen molar-refractivity contribution in [3.63, 3.8) is 0 Å². The van der Waals surface area contributed by atoms with E-state index in [1.165, 1.54) is 16.8 Å². The maximum atomic E-state index is 4.63. The summed E-state index contributed by atoms with van der Waals surface area (Å²) in [4.78, 5) is 14.6. The van der Waals surface area contributed by atoms with Crippen LogP contribution in [0.5, 0.6) is 0 Å². The van der Waals surface area contributed by atoms with Crippen molar-refractivity contribution >= 4 is 16.9 Å². The molecule has 4 heterocycles. The number of H-pyrrole nitrogens is 1. The molecule has 0 aliphatic carbocycles. The molecular weight excluding hydrogens is 324 g/mol. The second kappa shape index (κ2) is 5.98. The van der Waals surface area contributed by atoms with Gasteiger partial charge in [-0.05, 0) is 24.1 Å². The van der Waals surface area contributed by atoms with E-state index in [0.29, 0.717) is 0 Å². The van der Waals surface area contributed by atoms with Crippen molar-refractivity contribution in [1.82, 2.24) is 24.7 Å². The maximum absolute atomic E-state index is 4.63. The molecule has 130 valence electrons. The fourth-order valence-electron chi connectivity index (χ4n) is 3.83. The van der Waals surface area contributed by atoms with Crippen molar-refractivity contribution in [3.05, 3.63) is 65.9 Å². The van der Waals surface area contributed by atoms with Gasteiger partial charge >= 0.3 is 0 Å². The van der Waals surface area contributed by atoms with Crippen molar-refractivity contribution in [2.75, 3.05) is 11.4 Å². The minimum atomic E-state index is 0.822. The molecule has 3 aromatic heterocycles. The molecule has 0 radical (unpaired) electrons. The van der Waals surface area contributed by atoms with Gasteiger partial charge in [-0.2, -0.15) is 5.10 Å². The molecule has 1 N–H and O–H groups in total. The van der Waals surface area contributed by atoms with Crippen LogP contribution in [0.3, 0.4) is 0 Å². The van der Waals surface area contributed by atoms with Crippen LogP contribution in [0.2, 0.25) is 0 Å². The summed E-state index contributed by atoms with van der Waals surface area (Å²) < 4.78 is 2.07. The quantitative estimate of drug-likeness (QED) is 0.620. The average molecular weight is 344 g/mol. The summed E-state index contributed by atoms with van der Waals surface area (Å²) in [5.41, 5.74) is 5.85. The number of nitrogens with zero attached hydrogens (tertiary/aromatic N) is 5. The standard InChI is InChI=1S/C20H20N6/c1-2-14-10-21-19-18(14)20(23-13-22-19)25-9-8-17-15(12-25)11-24-26(17)16-6-4-3-5-7-16/h3-7,10-11,13H,2,8-9,12H2,1H3,(H,21,22,23). The van der Waals surface area contributed by atoms with Gasteiger partial charge in [-0.15, -0.1) is 0 Å². The molecule has 0 amide bonds. The molecule has 6 heteroatoms. The lowest BCUT2D eigenvalue weighted by Gasteiger charge is -2.29. The lowest BCUT2D eigenvalue weighted by molar-refractivity contribution is 0.687. The van der Waals surface area contributed by atoms with Gasteiger partial charge in [0.15, 0.2) is 0 Å². The third-order valence-corrected chi connectivity index (χ3v) is 5.15. The first-order chi connectivity index (χ1) is 12.8. The van der Waals surface area contributed by atoms with Crippen LogP contribution in [-0.4, -0.2) is 31.3 Å². The molecule has 5 rings (SSSR count). The molecule has 1 aromatic carbocycles. The number of hydrogen-bond acceptors (Lipinski definition) is 4. The van der Waals surface area contributed by atoms with Gasteiger partial charge in [0.1, 0.15) is 17.8 Å². The van der Waals surface area contributed by atoms with Gasteiger partial charge in [-0.25, -0.2) is 14.6 Å². The van der Waals surface area contributed by atoms with E-state index < -0.39 is 0 Å². The summed E-state index contributed by atoms with van der Waals surface area (Å²) in [6.07, 6.45) is 7.60. The SMILES string of the molecule is CCc1c[nH]c2ncnc(N3CCc4c(cnn4-c4ccccc4)C3)c12. The smallest absolute Gasteiger partial charge is 0.143 e. The van der Waals surface area contributed by atoms with Crippen LogP contribution in [0.1, 0.15) is 23.7 Å². The Hall–Kier alpha value is -3.15. The van der Waals surface area contributed by atoms with Crippen LogP contribution in [0.4, 0.5) is 5.82 Å². The van der Waals surface area contributed by atoms with Crippen molar-refractivity contribution in [2.45, 2.75) is 26.3 Å². The van der Waals surface area contributed by atoms with Gasteiger partial charge in [0.05, 0.1) is 23.0 Å². The largest absolute Gasteiger partial charge is 0.351 e. The third kappa shape index (κ3) is 2.29. The summed E-state index contributed by atoms with van der Waals surface area (Å²) in [5, 5.41) is 5.78. The van der Waals surface area contributed by atoms with Gasteiger partial charge in [0.2, 0.25) is 0 Å². The predicted molar refractivity (Wildman–Crippen MR) is 102 cm³/mol. The molecule has 0 fully saturated rings. The minimum absolute atomic E-state index is 0.822. The summed E-state index contributed by atoms with van der Waals surface area (Å²) in [6, 6.07) is 10.3. The number of fused-ring (bicyclic) bond motifs is 2. The highest BCUT2D eigenvalue weighted by Gasteiger charge is 2.24. The molecular formula is C20H20N6. The van der Waals surface area contributed by atoms with E-state index in [0.717, 1.165) is 48.5 Å². The second-order valence-corrected chi connectivity index (χ2v) is 6.62. The third-order valence-electron chi connectivity index (χ3n) is 5.15. The van der Waals surface area contributed by atoms with Crippen LogP contribution in [-0.2, 0) is 19.4 Å². The number of aryl methyl sites for hydroxylation is 1. The van der Waals surface area contributed by atoms with Crippen LogP contribution in [0.15, 0.2) is 49.1 Å². The zero-order valence-corrected chi connectivity index (χ0v) is 14.7. The number of aromatic amines is 1. The van der Waals surface area contributed by atoms with Gasteiger partial charge in [-0.1, -0.05) is 25.1 Å². The summed E-state index contributed by atoms with van der Waals surface area (Å²) in [6.45, 7) is 3.91. The second-order valence-electron chi connectivity index (χ2n) is 6.62. The Kier molecular flexibility index (Phi) is 3.48. The highest BCUT2D eigenvalue weighted by atomic mass is 15.3. The number of benzene rings is 1. The lowest BCUT2D eigenvalue weighted by Crippen LogP contribution is -2.31. The molecule has 4 aromatic rings. The van der Waals surface area contributed by atoms with E-state index in [4.69, 9.17) is 0 Å². The van der Waals surface area contributed by atoms with Gasteiger partial charge in [0, 0.05) is 31.3 Å².